The predicted molar refractivity (Wildman–Crippen MR) is 75.9 cm³/mol. The third-order valence-corrected chi connectivity index (χ3v) is 3.15. The zero-order valence-electron chi connectivity index (χ0n) is 11.5. The lowest BCUT2D eigenvalue weighted by molar-refractivity contribution is -0.143. The van der Waals surface area contributed by atoms with Crippen molar-refractivity contribution >= 4 is 35.6 Å². The summed E-state index contributed by atoms with van der Waals surface area (Å²) in [5.74, 6) is -2.65. The van der Waals surface area contributed by atoms with Crippen molar-refractivity contribution in [3.8, 4) is 0 Å². The summed E-state index contributed by atoms with van der Waals surface area (Å²) in [6.45, 7) is 0. The Morgan fingerprint density at radius 3 is 2.14 bits per heavy atom. The zero-order valence-corrected chi connectivity index (χ0v) is 12.3. The van der Waals surface area contributed by atoms with E-state index in [2.05, 4.69) is 10.6 Å². The summed E-state index contributed by atoms with van der Waals surface area (Å²) in [5.41, 5.74) is 4.96. The smallest absolute Gasteiger partial charge is 0.326 e. The van der Waals surface area contributed by atoms with E-state index in [0.29, 0.717) is 5.75 Å². The van der Waals surface area contributed by atoms with Crippen molar-refractivity contribution in [2.45, 2.75) is 31.3 Å². The van der Waals surface area contributed by atoms with Gasteiger partial charge < -0.3 is 26.6 Å². The summed E-state index contributed by atoms with van der Waals surface area (Å²) in [7, 11) is 0. The number of urea groups is 1. The van der Waals surface area contributed by atoms with Gasteiger partial charge in [-0.05, 0) is 24.9 Å². The molecule has 0 bridgehead atoms. The normalized spacial score (nSPS) is 13.0. The summed E-state index contributed by atoms with van der Waals surface area (Å²) in [4.78, 5) is 44.2. The molecular formula is C11H19N3O6S. The third-order valence-electron chi connectivity index (χ3n) is 2.51. The van der Waals surface area contributed by atoms with Crippen LogP contribution in [0.3, 0.4) is 0 Å². The van der Waals surface area contributed by atoms with Crippen LogP contribution in [0.1, 0.15) is 19.3 Å². The maximum absolute atomic E-state index is 11.9. The van der Waals surface area contributed by atoms with E-state index in [1.807, 2.05) is 6.26 Å². The number of hydrogen-bond donors (Lipinski definition) is 5. The second-order valence-corrected chi connectivity index (χ2v) is 5.16. The molecule has 9 nitrogen and oxygen atoms in total. The number of primary amides is 1. The minimum absolute atomic E-state index is 0.248. The fourth-order valence-corrected chi connectivity index (χ4v) is 1.95. The summed E-state index contributed by atoms with van der Waals surface area (Å²) in [6.07, 6.45) is 1.45. The molecule has 0 heterocycles. The fraction of sp³-hybridized carbons (Fsp3) is 0.636. The SMILES string of the molecule is CSCCC(NC(N)=O)C(=O)NC(CCC(=O)O)C(=O)O. The maximum Gasteiger partial charge on any atom is 0.326 e. The molecule has 21 heavy (non-hydrogen) atoms. The van der Waals surface area contributed by atoms with Gasteiger partial charge in [-0.2, -0.15) is 11.8 Å². The van der Waals surface area contributed by atoms with Crippen LogP contribution in [-0.2, 0) is 14.4 Å². The Bertz CT molecular complexity index is 403. The first-order valence-electron chi connectivity index (χ1n) is 6.07. The predicted octanol–water partition coefficient (Wildman–Crippen LogP) is -0.789. The van der Waals surface area contributed by atoms with Gasteiger partial charge in [-0.15, -0.1) is 0 Å². The first-order chi connectivity index (χ1) is 9.77. The molecule has 0 spiro atoms. The molecule has 0 aromatic heterocycles. The van der Waals surface area contributed by atoms with Crippen molar-refractivity contribution in [1.29, 1.82) is 0 Å². The van der Waals surface area contributed by atoms with Crippen LogP contribution in [0, 0.1) is 0 Å². The highest BCUT2D eigenvalue weighted by atomic mass is 32.2. The first-order valence-corrected chi connectivity index (χ1v) is 7.47. The van der Waals surface area contributed by atoms with Crippen molar-refractivity contribution < 1.29 is 29.4 Å². The molecule has 0 saturated carbocycles. The molecule has 6 N–H and O–H groups in total. The van der Waals surface area contributed by atoms with Gasteiger partial charge in [-0.1, -0.05) is 0 Å². The molecule has 120 valence electrons. The number of thioether (sulfide) groups is 1. The highest BCUT2D eigenvalue weighted by Gasteiger charge is 2.26. The third kappa shape index (κ3) is 8.74. The quantitative estimate of drug-likeness (QED) is 0.352. The van der Waals surface area contributed by atoms with E-state index in [0.717, 1.165) is 0 Å². The molecule has 0 aliphatic carbocycles. The molecule has 2 unspecified atom stereocenters. The second-order valence-electron chi connectivity index (χ2n) is 4.17. The number of nitrogens with two attached hydrogens (primary N) is 1. The van der Waals surface area contributed by atoms with Crippen LogP contribution in [0.25, 0.3) is 0 Å². The van der Waals surface area contributed by atoms with E-state index >= 15 is 0 Å². The zero-order chi connectivity index (χ0) is 16.4. The molecule has 2 atom stereocenters. The van der Waals surface area contributed by atoms with Crippen LogP contribution in [0.15, 0.2) is 0 Å². The van der Waals surface area contributed by atoms with Crippen LogP contribution in [0.4, 0.5) is 4.79 Å². The number of nitrogens with one attached hydrogen (secondary N) is 2. The number of hydrogen-bond acceptors (Lipinski definition) is 5. The van der Waals surface area contributed by atoms with E-state index < -0.39 is 42.4 Å². The summed E-state index contributed by atoms with van der Waals surface area (Å²) in [5, 5.41) is 21.9. The average molecular weight is 321 g/mol. The molecule has 0 radical (unpaired) electrons. The summed E-state index contributed by atoms with van der Waals surface area (Å²) >= 11 is 1.45. The van der Waals surface area contributed by atoms with E-state index in [1.165, 1.54) is 11.8 Å². The highest BCUT2D eigenvalue weighted by molar-refractivity contribution is 7.98. The maximum atomic E-state index is 11.9. The van der Waals surface area contributed by atoms with Crippen molar-refractivity contribution in [3.05, 3.63) is 0 Å². The van der Waals surface area contributed by atoms with Gasteiger partial charge in [-0.25, -0.2) is 9.59 Å². The van der Waals surface area contributed by atoms with Gasteiger partial charge in [0.05, 0.1) is 0 Å². The number of aliphatic carboxylic acids is 2. The molecule has 3 amide bonds. The lowest BCUT2D eigenvalue weighted by Crippen LogP contribution is -2.53. The topological polar surface area (TPSA) is 159 Å². The number of amides is 3. The van der Waals surface area contributed by atoms with Gasteiger partial charge >= 0.3 is 18.0 Å². The Hall–Kier alpha value is -1.97. The molecule has 0 aliphatic rings. The minimum atomic E-state index is -1.34. The lowest BCUT2D eigenvalue weighted by Gasteiger charge is -2.20. The Morgan fingerprint density at radius 1 is 1.10 bits per heavy atom. The van der Waals surface area contributed by atoms with Gasteiger partial charge in [0.2, 0.25) is 5.91 Å². The van der Waals surface area contributed by atoms with Crippen molar-refractivity contribution in [3.63, 3.8) is 0 Å². The standard InChI is InChI=1S/C11H19N3O6S/c1-21-5-4-6(14-11(12)20)9(17)13-7(10(18)19)2-3-8(15)16/h6-7H,2-5H2,1H3,(H,13,17)(H,15,16)(H,18,19)(H3,12,14,20). The Balaban J connectivity index is 4.68. The molecule has 0 aromatic rings. The van der Waals surface area contributed by atoms with Crippen LogP contribution in [0.5, 0.6) is 0 Å². The second kappa shape index (κ2) is 9.86. The first kappa shape index (κ1) is 19.0. The van der Waals surface area contributed by atoms with Crippen LogP contribution in [0.2, 0.25) is 0 Å². The molecule has 0 aliphatic heterocycles. The molecule has 10 heteroatoms. The number of carboxylic acids is 2. The molecular weight excluding hydrogens is 302 g/mol. The van der Waals surface area contributed by atoms with Crippen molar-refractivity contribution in [1.82, 2.24) is 10.6 Å². The number of rotatable bonds is 10. The van der Waals surface area contributed by atoms with Gasteiger partial charge in [0.1, 0.15) is 12.1 Å². The van der Waals surface area contributed by atoms with Crippen molar-refractivity contribution in [2.24, 2.45) is 5.73 Å². The number of carbonyl (C=O) groups is 4. The highest BCUT2D eigenvalue weighted by Crippen LogP contribution is 2.04. The number of carbonyl (C=O) groups excluding carboxylic acids is 2. The molecule has 0 fully saturated rings. The average Bonchev–Trinajstić information content (AvgIpc) is 2.37. The Labute approximate surface area is 125 Å². The van der Waals surface area contributed by atoms with E-state index in [4.69, 9.17) is 15.9 Å². The van der Waals surface area contributed by atoms with E-state index in [1.54, 1.807) is 0 Å². The molecule has 0 rings (SSSR count). The summed E-state index contributed by atoms with van der Waals surface area (Å²) in [6, 6.07) is -3.18. The fourth-order valence-electron chi connectivity index (χ4n) is 1.47. The van der Waals surface area contributed by atoms with Crippen LogP contribution >= 0.6 is 11.8 Å². The summed E-state index contributed by atoms with van der Waals surface area (Å²) < 4.78 is 0. The van der Waals surface area contributed by atoms with E-state index in [9.17, 15) is 19.2 Å². The van der Waals surface area contributed by atoms with E-state index in [-0.39, 0.29) is 12.8 Å². The van der Waals surface area contributed by atoms with Gasteiger partial charge in [0.15, 0.2) is 0 Å². The minimum Gasteiger partial charge on any atom is -0.481 e. The molecule has 0 saturated heterocycles. The number of carboxylic acid groups (broad SMARTS) is 2. The van der Waals surface area contributed by atoms with Gasteiger partial charge in [-0.3, -0.25) is 9.59 Å². The Kier molecular flexibility index (Phi) is 8.93. The molecule has 0 aromatic carbocycles. The van der Waals surface area contributed by atoms with Gasteiger partial charge in [0, 0.05) is 6.42 Å². The Morgan fingerprint density at radius 2 is 1.71 bits per heavy atom. The lowest BCUT2D eigenvalue weighted by atomic mass is 10.1. The van der Waals surface area contributed by atoms with Crippen molar-refractivity contribution in [2.75, 3.05) is 12.0 Å². The van der Waals surface area contributed by atoms with Crippen LogP contribution in [-0.4, -0.2) is 58.2 Å². The monoisotopic (exact) mass is 321 g/mol. The van der Waals surface area contributed by atoms with Crippen LogP contribution < -0.4 is 16.4 Å². The van der Waals surface area contributed by atoms with Gasteiger partial charge in [0.25, 0.3) is 0 Å². The largest absolute Gasteiger partial charge is 0.481 e.